The molecule has 2 aliphatic rings. The molecule has 0 amide bonds. The molecule has 0 saturated heterocycles. The van der Waals surface area contributed by atoms with Gasteiger partial charge in [0, 0.05) is 6.42 Å². The molecule has 2 nitrogen and oxygen atoms in total. The summed E-state index contributed by atoms with van der Waals surface area (Å²) in [7, 11) is 0. The minimum atomic E-state index is -0.303. The van der Waals surface area contributed by atoms with E-state index in [0.29, 0.717) is 6.61 Å². The molecule has 100 valence electrons. The van der Waals surface area contributed by atoms with Gasteiger partial charge in [-0.15, -0.1) is 0 Å². The van der Waals surface area contributed by atoms with Gasteiger partial charge in [-0.3, -0.25) is 4.79 Å². The summed E-state index contributed by atoms with van der Waals surface area (Å²) in [6.07, 6.45) is 2.80. The lowest BCUT2D eigenvalue weighted by Crippen LogP contribution is -2.21. The standard InChI is InChI=1S/C18H16O2/c19-17(15-8-4-5-13-9-12-20-16(13)15)18(10-11-18)14-6-2-1-3-7-14/h1-8H,9-12H2. The number of ketones is 1. The van der Waals surface area contributed by atoms with E-state index in [-0.39, 0.29) is 11.2 Å². The Hall–Kier alpha value is -2.09. The average Bonchev–Trinajstić information content (AvgIpc) is 3.18. The summed E-state index contributed by atoms with van der Waals surface area (Å²) < 4.78 is 5.69. The van der Waals surface area contributed by atoms with Crippen molar-refractivity contribution in [2.24, 2.45) is 0 Å². The molecule has 1 saturated carbocycles. The third-order valence-electron chi connectivity index (χ3n) is 4.47. The van der Waals surface area contributed by atoms with E-state index in [0.717, 1.165) is 36.1 Å². The molecule has 0 spiro atoms. The van der Waals surface area contributed by atoms with E-state index in [9.17, 15) is 4.79 Å². The Kier molecular flexibility index (Phi) is 2.46. The van der Waals surface area contributed by atoms with Gasteiger partial charge in [-0.1, -0.05) is 42.5 Å². The highest BCUT2D eigenvalue weighted by molar-refractivity contribution is 6.08. The number of rotatable bonds is 3. The highest BCUT2D eigenvalue weighted by Crippen LogP contribution is 2.51. The van der Waals surface area contributed by atoms with Crippen LogP contribution in [-0.2, 0) is 11.8 Å². The first-order chi connectivity index (χ1) is 9.81. The van der Waals surface area contributed by atoms with E-state index in [1.807, 2.05) is 30.3 Å². The lowest BCUT2D eigenvalue weighted by Gasteiger charge is -2.16. The third kappa shape index (κ3) is 1.61. The van der Waals surface area contributed by atoms with Gasteiger partial charge in [0.1, 0.15) is 5.75 Å². The molecule has 0 radical (unpaired) electrons. The molecule has 0 atom stereocenters. The molecule has 4 rings (SSSR count). The third-order valence-corrected chi connectivity index (χ3v) is 4.47. The maximum Gasteiger partial charge on any atom is 0.177 e. The van der Waals surface area contributed by atoms with Gasteiger partial charge >= 0.3 is 0 Å². The lowest BCUT2D eigenvalue weighted by atomic mass is 9.86. The summed E-state index contributed by atoms with van der Waals surface area (Å²) in [4.78, 5) is 13.0. The number of para-hydroxylation sites is 1. The van der Waals surface area contributed by atoms with Crippen LogP contribution in [0.3, 0.4) is 0 Å². The van der Waals surface area contributed by atoms with Gasteiger partial charge in [0.2, 0.25) is 0 Å². The number of ether oxygens (including phenoxy) is 1. The van der Waals surface area contributed by atoms with Crippen molar-refractivity contribution in [3.63, 3.8) is 0 Å². The van der Waals surface area contributed by atoms with Crippen molar-refractivity contribution in [2.45, 2.75) is 24.7 Å². The number of carbonyl (C=O) groups is 1. The van der Waals surface area contributed by atoms with Crippen molar-refractivity contribution in [1.82, 2.24) is 0 Å². The molecular weight excluding hydrogens is 248 g/mol. The van der Waals surface area contributed by atoms with Crippen LogP contribution in [0.4, 0.5) is 0 Å². The van der Waals surface area contributed by atoms with E-state index in [1.165, 1.54) is 5.56 Å². The number of hydrogen-bond donors (Lipinski definition) is 0. The molecule has 0 bridgehead atoms. The minimum absolute atomic E-state index is 0.224. The van der Waals surface area contributed by atoms with E-state index >= 15 is 0 Å². The Balaban J connectivity index is 1.77. The molecular formula is C18H16O2. The predicted octanol–water partition coefficient (Wildman–Crippen LogP) is 3.54. The van der Waals surface area contributed by atoms with Crippen molar-refractivity contribution in [3.8, 4) is 5.75 Å². The van der Waals surface area contributed by atoms with Crippen LogP contribution < -0.4 is 4.74 Å². The van der Waals surface area contributed by atoms with Crippen molar-refractivity contribution < 1.29 is 9.53 Å². The van der Waals surface area contributed by atoms with Gasteiger partial charge in [-0.05, 0) is 30.0 Å². The van der Waals surface area contributed by atoms with Crippen molar-refractivity contribution in [3.05, 3.63) is 65.2 Å². The van der Waals surface area contributed by atoms with Crippen LogP contribution >= 0.6 is 0 Å². The molecule has 0 aromatic heterocycles. The zero-order valence-corrected chi connectivity index (χ0v) is 11.3. The van der Waals surface area contributed by atoms with Gasteiger partial charge in [-0.2, -0.15) is 0 Å². The zero-order valence-electron chi connectivity index (χ0n) is 11.3. The summed E-state index contributed by atoms with van der Waals surface area (Å²) in [5.41, 5.74) is 2.77. The molecule has 0 unspecified atom stereocenters. The van der Waals surface area contributed by atoms with Crippen molar-refractivity contribution >= 4 is 5.78 Å². The molecule has 0 N–H and O–H groups in total. The minimum Gasteiger partial charge on any atom is -0.492 e. The number of fused-ring (bicyclic) bond motifs is 1. The van der Waals surface area contributed by atoms with Crippen molar-refractivity contribution in [2.75, 3.05) is 6.61 Å². The summed E-state index contributed by atoms with van der Waals surface area (Å²) in [5, 5.41) is 0. The second kappa shape index (κ2) is 4.20. The van der Waals surface area contributed by atoms with E-state index in [1.54, 1.807) is 0 Å². The molecule has 1 aliphatic heterocycles. The smallest absolute Gasteiger partial charge is 0.177 e. The molecule has 2 aromatic rings. The maximum absolute atomic E-state index is 13.0. The van der Waals surface area contributed by atoms with Crippen LogP contribution in [0.5, 0.6) is 5.75 Å². The lowest BCUT2D eigenvalue weighted by molar-refractivity contribution is 0.0943. The second-order valence-corrected chi connectivity index (χ2v) is 5.67. The SMILES string of the molecule is O=C(c1cccc2c1OCC2)C1(c2ccccc2)CC1. The monoisotopic (exact) mass is 264 g/mol. The summed E-state index contributed by atoms with van der Waals surface area (Å²) in [5.74, 6) is 1.04. The molecule has 2 aromatic carbocycles. The quantitative estimate of drug-likeness (QED) is 0.793. The van der Waals surface area contributed by atoms with E-state index in [2.05, 4.69) is 18.2 Å². The van der Waals surface area contributed by atoms with Gasteiger partial charge < -0.3 is 4.74 Å². The first-order valence-corrected chi connectivity index (χ1v) is 7.16. The van der Waals surface area contributed by atoms with Gasteiger partial charge in [0.05, 0.1) is 17.6 Å². The van der Waals surface area contributed by atoms with Gasteiger partial charge in [0.15, 0.2) is 5.78 Å². The number of Topliss-reactive ketones (excluding diaryl/α,β-unsaturated/α-hetero) is 1. The summed E-state index contributed by atoms with van der Waals surface area (Å²) in [6, 6.07) is 16.1. The number of carbonyl (C=O) groups excluding carboxylic acids is 1. The predicted molar refractivity (Wildman–Crippen MR) is 77.3 cm³/mol. The van der Waals surface area contributed by atoms with Crippen LogP contribution in [0.2, 0.25) is 0 Å². The topological polar surface area (TPSA) is 26.3 Å². The Morgan fingerprint density at radius 1 is 1.00 bits per heavy atom. The highest BCUT2D eigenvalue weighted by atomic mass is 16.5. The Bertz CT molecular complexity index is 669. The van der Waals surface area contributed by atoms with Gasteiger partial charge in [0.25, 0.3) is 0 Å². The fourth-order valence-electron chi connectivity index (χ4n) is 3.18. The number of benzene rings is 2. The van der Waals surface area contributed by atoms with Crippen LogP contribution in [0, 0.1) is 0 Å². The molecule has 1 aliphatic carbocycles. The highest BCUT2D eigenvalue weighted by Gasteiger charge is 2.52. The molecule has 20 heavy (non-hydrogen) atoms. The molecule has 1 fully saturated rings. The van der Waals surface area contributed by atoms with Gasteiger partial charge in [-0.25, -0.2) is 0 Å². The van der Waals surface area contributed by atoms with Crippen LogP contribution in [-0.4, -0.2) is 12.4 Å². The fraction of sp³-hybridized carbons (Fsp3) is 0.278. The maximum atomic E-state index is 13.0. The van der Waals surface area contributed by atoms with Crippen LogP contribution in [0.25, 0.3) is 0 Å². The second-order valence-electron chi connectivity index (χ2n) is 5.67. The Morgan fingerprint density at radius 3 is 2.55 bits per heavy atom. The molecule has 2 heteroatoms. The van der Waals surface area contributed by atoms with Crippen LogP contribution in [0.1, 0.15) is 34.3 Å². The zero-order chi connectivity index (χ0) is 13.6. The van der Waals surface area contributed by atoms with E-state index in [4.69, 9.17) is 4.74 Å². The fourth-order valence-corrected chi connectivity index (χ4v) is 3.18. The average molecular weight is 264 g/mol. The summed E-state index contributed by atoms with van der Waals surface area (Å²) in [6.45, 7) is 0.692. The summed E-state index contributed by atoms with van der Waals surface area (Å²) >= 11 is 0. The normalized spacial score (nSPS) is 18.2. The largest absolute Gasteiger partial charge is 0.492 e. The van der Waals surface area contributed by atoms with E-state index < -0.39 is 0 Å². The molecule has 1 heterocycles. The number of hydrogen-bond acceptors (Lipinski definition) is 2. The first-order valence-electron chi connectivity index (χ1n) is 7.16. The first kappa shape index (κ1) is 11.7. The van der Waals surface area contributed by atoms with Crippen molar-refractivity contribution in [1.29, 1.82) is 0 Å². The van der Waals surface area contributed by atoms with Crippen LogP contribution in [0.15, 0.2) is 48.5 Å². The Labute approximate surface area is 118 Å². The Morgan fingerprint density at radius 2 is 1.80 bits per heavy atom.